The Hall–Kier alpha value is -0.700. The highest BCUT2D eigenvalue weighted by Crippen LogP contribution is 2.33. The van der Waals surface area contributed by atoms with E-state index < -0.39 is 27.6 Å². The van der Waals surface area contributed by atoms with Crippen molar-refractivity contribution in [2.24, 2.45) is 0 Å². The summed E-state index contributed by atoms with van der Waals surface area (Å²) >= 11 is 11.3. The number of hydrogen-bond donors (Lipinski definition) is 1. The van der Waals surface area contributed by atoms with Gasteiger partial charge in [0.05, 0.1) is 10.7 Å². The number of hydrogen-bond acceptors (Lipinski definition) is 3. The Kier molecular flexibility index (Phi) is 4.61. The molecule has 0 heterocycles. The topological polar surface area (TPSA) is 63.4 Å². The van der Waals surface area contributed by atoms with Crippen LogP contribution >= 0.6 is 23.2 Å². The Balaban J connectivity index is 3.29. The van der Waals surface area contributed by atoms with Gasteiger partial charge >= 0.3 is 6.18 Å². The molecule has 0 amide bonds. The summed E-state index contributed by atoms with van der Waals surface area (Å²) < 4.78 is 60.8. The van der Waals surface area contributed by atoms with E-state index in [4.69, 9.17) is 28.9 Å². The van der Waals surface area contributed by atoms with E-state index in [9.17, 15) is 21.6 Å². The highest BCUT2D eigenvalue weighted by Gasteiger charge is 2.36. The van der Waals surface area contributed by atoms with Crippen molar-refractivity contribution in [3.8, 4) is 0 Å². The highest BCUT2D eigenvalue weighted by atomic mass is 35.5. The molecule has 1 rings (SSSR count). The molecule has 1 aromatic carbocycles. The van der Waals surface area contributed by atoms with Crippen molar-refractivity contribution in [2.75, 3.05) is 19.3 Å². The summed E-state index contributed by atoms with van der Waals surface area (Å²) in [6.07, 6.45) is -4.67. The molecule has 0 aliphatic heterocycles. The first kappa shape index (κ1) is 16.4. The minimum absolute atomic E-state index is 0.0833. The van der Waals surface area contributed by atoms with Crippen LogP contribution in [-0.2, 0) is 10.0 Å². The van der Waals surface area contributed by atoms with Crippen molar-refractivity contribution in [3.05, 3.63) is 22.2 Å². The summed E-state index contributed by atoms with van der Waals surface area (Å²) in [7, 11) is -3.67. The van der Waals surface area contributed by atoms with E-state index in [0.717, 1.165) is 19.2 Å². The Bertz CT molecular complexity index is 567. The van der Waals surface area contributed by atoms with E-state index in [1.54, 1.807) is 0 Å². The van der Waals surface area contributed by atoms with Crippen molar-refractivity contribution in [1.29, 1.82) is 0 Å². The molecule has 0 radical (unpaired) electrons. The number of benzene rings is 1. The highest BCUT2D eigenvalue weighted by molar-refractivity contribution is 7.89. The van der Waals surface area contributed by atoms with Crippen LogP contribution in [0.1, 0.15) is 0 Å². The molecular weight excluding hydrogens is 328 g/mol. The maximum atomic E-state index is 12.2. The Morgan fingerprint density at radius 2 is 1.84 bits per heavy atom. The fraction of sp³-hybridized carbons (Fsp3) is 0.333. The van der Waals surface area contributed by atoms with Gasteiger partial charge in [-0.05, 0) is 12.1 Å². The van der Waals surface area contributed by atoms with E-state index in [1.807, 2.05) is 0 Å². The number of rotatable bonds is 3. The van der Waals surface area contributed by atoms with E-state index in [1.165, 1.54) is 0 Å². The lowest BCUT2D eigenvalue weighted by Gasteiger charge is -2.20. The third-order valence-electron chi connectivity index (χ3n) is 2.11. The van der Waals surface area contributed by atoms with Crippen LogP contribution in [0.2, 0.25) is 10.0 Å². The van der Waals surface area contributed by atoms with Gasteiger partial charge in [-0.2, -0.15) is 17.5 Å². The van der Waals surface area contributed by atoms with Crippen molar-refractivity contribution >= 4 is 38.9 Å². The minimum Gasteiger partial charge on any atom is -0.398 e. The SMILES string of the molecule is CN(CC(F)(F)F)S(=O)(=O)c1c(N)cc(Cl)cc1Cl. The standard InChI is InChI=1S/C9H9Cl2F3N2O2S/c1-16(4-9(12,13)14)19(17,18)8-6(11)2-5(10)3-7(8)15/h2-3H,4,15H2,1H3. The largest absolute Gasteiger partial charge is 0.402 e. The molecule has 2 N–H and O–H groups in total. The maximum Gasteiger partial charge on any atom is 0.402 e. The van der Waals surface area contributed by atoms with Crippen LogP contribution in [0, 0.1) is 0 Å². The first-order chi connectivity index (χ1) is 8.45. The molecule has 0 spiro atoms. The molecule has 0 bridgehead atoms. The third-order valence-corrected chi connectivity index (χ3v) is 4.66. The average Bonchev–Trinajstić information content (AvgIpc) is 2.11. The summed E-state index contributed by atoms with van der Waals surface area (Å²) in [5, 5.41) is -0.251. The number of halogens is 5. The average molecular weight is 337 g/mol. The van der Waals surface area contributed by atoms with Gasteiger partial charge in [-0.1, -0.05) is 23.2 Å². The van der Waals surface area contributed by atoms with Gasteiger partial charge in [-0.25, -0.2) is 8.42 Å². The normalized spacial score (nSPS) is 13.0. The Morgan fingerprint density at radius 3 is 2.26 bits per heavy atom. The quantitative estimate of drug-likeness (QED) is 0.863. The van der Waals surface area contributed by atoms with E-state index in [-0.39, 0.29) is 20.0 Å². The first-order valence-electron chi connectivity index (χ1n) is 4.73. The van der Waals surface area contributed by atoms with Gasteiger partial charge in [0.25, 0.3) is 0 Å². The molecule has 0 fully saturated rings. The number of nitrogen functional groups attached to an aromatic ring is 1. The van der Waals surface area contributed by atoms with Gasteiger partial charge in [0, 0.05) is 12.1 Å². The summed E-state index contributed by atoms with van der Waals surface area (Å²) in [5.41, 5.74) is 5.14. The smallest absolute Gasteiger partial charge is 0.398 e. The van der Waals surface area contributed by atoms with Crippen LogP contribution in [0.3, 0.4) is 0 Å². The molecule has 0 saturated carbocycles. The second kappa shape index (κ2) is 5.35. The van der Waals surface area contributed by atoms with Crippen LogP contribution in [-0.4, -0.2) is 32.5 Å². The first-order valence-corrected chi connectivity index (χ1v) is 6.92. The van der Waals surface area contributed by atoms with Gasteiger partial charge in [-0.15, -0.1) is 0 Å². The van der Waals surface area contributed by atoms with Crippen LogP contribution in [0.15, 0.2) is 17.0 Å². The predicted octanol–water partition coefficient (Wildman–Crippen LogP) is 2.76. The van der Waals surface area contributed by atoms with Crippen molar-refractivity contribution in [1.82, 2.24) is 4.31 Å². The second-order valence-corrected chi connectivity index (χ2v) is 6.51. The molecule has 19 heavy (non-hydrogen) atoms. The lowest BCUT2D eigenvalue weighted by molar-refractivity contribution is -0.134. The van der Waals surface area contributed by atoms with Crippen molar-refractivity contribution in [3.63, 3.8) is 0 Å². The number of anilines is 1. The fourth-order valence-electron chi connectivity index (χ4n) is 1.35. The van der Waals surface area contributed by atoms with E-state index in [2.05, 4.69) is 0 Å². The molecule has 10 heteroatoms. The number of nitrogens with zero attached hydrogens (tertiary/aromatic N) is 1. The number of alkyl halides is 3. The van der Waals surface area contributed by atoms with E-state index >= 15 is 0 Å². The molecule has 0 aliphatic rings. The lowest BCUT2D eigenvalue weighted by Crippen LogP contribution is -2.36. The summed E-state index contributed by atoms with van der Waals surface area (Å²) in [6, 6.07) is 2.19. The molecule has 0 saturated heterocycles. The molecule has 1 aromatic rings. The lowest BCUT2D eigenvalue weighted by atomic mass is 10.3. The molecule has 0 unspecified atom stereocenters. The molecule has 4 nitrogen and oxygen atoms in total. The van der Waals surface area contributed by atoms with Crippen molar-refractivity contribution < 1.29 is 21.6 Å². The third kappa shape index (κ3) is 3.88. The predicted molar refractivity (Wildman–Crippen MR) is 66.7 cm³/mol. The van der Waals surface area contributed by atoms with Gasteiger partial charge in [0.2, 0.25) is 10.0 Å². The van der Waals surface area contributed by atoms with Crippen LogP contribution in [0.4, 0.5) is 18.9 Å². The molecule has 0 aromatic heterocycles. The molecule has 0 aliphatic carbocycles. The van der Waals surface area contributed by atoms with Crippen LogP contribution in [0.5, 0.6) is 0 Å². The second-order valence-electron chi connectivity index (χ2n) is 3.68. The molecule has 0 atom stereocenters. The minimum atomic E-state index is -4.67. The van der Waals surface area contributed by atoms with Crippen LogP contribution < -0.4 is 5.73 Å². The summed E-state index contributed by atoms with van der Waals surface area (Å²) in [5.74, 6) is 0. The summed E-state index contributed by atoms with van der Waals surface area (Å²) in [4.78, 5) is -0.592. The monoisotopic (exact) mass is 336 g/mol. The van der Waals surface area contributed by atoms with Crippen LogP contribution in [0.25, 0.3) is 0 Å². The van der Waals surface area contributed by atoms with Crippen molar-refractivity contribution in [2.45, 2.75) is 11.1 Å². The summed E-state index contributed by atoms with van der Waals surface area (Å²) in [6.45, 7) is -1.65. The zero-order chi connectivity index (χ0) is 15.0. The van der Waals surface area contributed by atoms with Gasteiger partial charge in [0.15, 0.2) is 0 Å². The number of nitrogens with two attached hydrogens (primary N) is 1. The molecule has 108 valence electrons. The van der Waals surface area contributed by atoms with Gasteiger partial charge < -0.3 is 5.73 Å². The maximum absolute atomic E-state index is 12.2. The number of sulfonamides is 1. The van der Waals surface area contributed by atoms with E-state index in [0.29, 0.717) is 0 Å². The zero-order valence-corrected chi connectivity index (χ0v) is 11.8. The fourth-order valence-corrected chi connectivity index (χ4v) is 3.44. The molecular formula is C9H9Cl2F3N2O2S. The Morgan fingerprint density at radius 1 is 1.32 bits per heavy atom. The van der Waals surface area contributed by atoms with Gasteiger partial charge in [0.1, 0.15) is 11.4 Å². The Labute approximate surface area is 117 Å². The zero-order valence-electron chi connectivity index (χ0n) is 9.50. The van der Waals surface area contributed by atoms with Gasteiger partial charge in [-0.3, -0.25) is 0 Å².